The molecule has 6 nitrogen and oxygen atoms in total. The van der Waals surface area contributed by atoms with Crippen LogP contribution >= 0.6 is 22.9 Å². The van der Waals surface area contributed by atoms with E-state index in [2.05, 4.69) is 15.3 Å². The molecule has 0 aliphatic carbocycles. The van der Waals surface area contributed by atoms with Crippen molar-refractivity contribution in [1.29, 1.82) is 0 Å². The van der Waals surface area contributed by atoms with Crippen molar-refractivity contribution in [3.8, 4) is 0 Å². The maximum absolute atomic E-state index is 10.8. The fraction of sp³-hybridized carbons (Fsp3) is 0.200. The van der Waals surface area contributed by atoms with Crippen molar-refractivity contribution >= 4 is 34.4 Å². The molecule has 1 N–H and O–H groups in total. The average Bonchev–Trinajstić information content (AvgIpc) is 2.82. The van der Waals surface area contributed by atoms with Gasteiger partial charge in [0.1, 0.15) is 5.15 Å². The predicted octanol–water partition coefficient (Wildman–Crippen LogP) is 2.75. The molecule has 18 heavy (non-hydrogen) atoms. The van der Waals surface area contributed by atoms with Crippen molar-refractivity contribution in [1.82, 2.24) is 9.97 Å². The first-order valence-electron chi connectivity index (χ1n) is 5.08. The van der Waals surface area contributed by atoms with Crippen LogP contribution in [0.15, 0.2) is 23.0 Å². The summed E-state index contributed by atoms with van der Waals surface area (Å²) in [6.07, 6.45) is 0.675. The standard InChI is InChI=1S/C10H9ClN4O2S/c11-9-2-1-8(15(16)17)10(14-9)12-4-3-7-5-18-6-13-7/h1-2,5-6H,3-4H2,(H,12,14). The zero-order chi connectivity index (χ0) is 13.0. The highest BCUT2D eigenvalue weighted by Crippen LogP contribution is 2.23. The van der Waals surface area contributed by atoms with Crippen LogP contribution in [0.1, 0.15) is 5.69 Å². The quantitative estimate of drug-likeness (QED) is 0.519. The summed E-state index contributed by atoms with van der Waals surface area (Å²) in [6, 6.07) is 2.73. The van der Waals surface area contributed by atoms with Gasteiger partial charge in [0.05, 0.1) is 16.1 Å². The number of nitrogens with zero attached hydrogens (tertiary/aromatic N) is 3. The van der Waals surface area contributed by atoms with Gasteiger partial charge >= 0.3 is 5.69 Å². The van der Waals surface area contributed by atoms with Crippen molar-refractivity contribution in [2.45, 2.75) is 6.42 Å². The first-order chi connectivity index (χ1) is 8.66. The molecule has 94 valence electrons. The Kier molecular flexibility index (Phi) is 4.06. The molecule has 0 saturated heterocycles. The lowest BCUT2D eigenvalue weighted by molar-refractivity contribution is -0.384. The van der Waals surface area contributed by atoms with E-state index in [1.807, 2.05) is 5.38 Å². The van der Waals surface area contributed by atoms with Gasteiger partial charge in [-0.2, -0.15) is 0 Å². The first-order valence-corrected chi connectivity index (χ1v) is 6.41. The molecule has 2 aromatic heterocycles. The van der Waals surface area contributed by atoms with E-state index >= 15 is 0 Å². The normalized spacial score (nSPS) is 10.3. The summed E-state index contributed by atoms with van der Waals surface area (Å²) in [6.45, 7) is 0.512. The number of hydrogen-bond acceptors (Lipinski definition) is 6. The number of pyridine rings is 1. The summed E-state index contributed by atoms with van der Waals surface area (Å²) in [5.74, 6) is 0.183. The van der Waals surface area contributed by atoms with Crippen LogP contribution in [-0.4, -0.2) is 21.4 Å². The van der Waals surface area contributed by atoms with E-state index in [9.17, 15) is 10.1 Å². The monoisotopic (exact) mass is 284 g/mol. The number of nitro groups is 1. The maximum Gasteiger partial charge on any atom is 0.311 e. The minimum atomic E-state index is -0.492. The van der Waals surface area contributed by atoms with Crippen LogP contribution in [0.2, 0.25) is 5.15 Å². The van der Waals surface area contributed by atoms with Crippen LogP contribution in [0.25, 0.3) is 0 Å². The van der Waals surface area contributed by atoms with Gasteiger partial charge in [0.2, 0.25) is 5.82 Å². The number of halogens is 1. The minimum Gasteiger partial charge on any atom is -0.364 e. The Labute approximate surface area is 112 Å². The summed E-state index contributed by atoms with van der Waals surface area (Å²) in [4.78, 5) is 18.3. The van der Waals surface area contributed by atoms with Crippen LogP contribution in [0.4, 0.5) is 11.5 Å². The predicted molar refractivity (Wildman–Crippen MR) is 70.2 cm³/mol. The zero-order valence-electron chi connectivity index (χ0n) is 9.17. The molecule has 0 saturated carbocycles. The summed E-state index contributed by atoms with van der Waals surface area (Å²) in [5, 5.41) is 15.8. The fourth-order valence-corrected chi connectivity index (χ4v) is 2.12. The third kappa shape index (κ3) is 3.14. The first kappa shape index (κ1) is 12.7. The van der Waals surface area contributed by atoms with E-state index in [0.29, 0.717) is 13.0 Å². The van der Waals surface area contributed by atoms with E-state index in [1.54, 1.807) is 5.51 Å². The van der Waals surface area contributed by atoms with Gasteiger partial charge in [-0.3, -0.25) is 10.1 Å². The number of nitrogens with one attached hydrogen (secondary N) is 1. The molecule has 0 atom stereocenters. The Bertz CT molecular complexity index is 547. The summed E-state index contributed by atoms with van der Waals surface area (Å²) in [5.41, 5.74) is 2.60. The highest BCUT2D eigenvalue weighted by atomic mass is 35.5. The highest BCUT2D eigenvalue weighted by Gasteiger charge is 2.15. The zero-order valence-corrected chi connectivity index (χ0v) is 10.7. The average molecular weight is 285 g/mol. The van der Waals surface area contributed by atoms with Gasteiger partial charge in [0.15, 0.2) is 0 Å². The Morgan fingerprint density at radius 1 is 1.50 bits per heavy atom. The van der Waals surface area contributed by atoms with Gasteiger partial charge < -0.3 is 5.32 Å². The summed E-state index contributed by atoms with van der Waals surface area (Å²) >= 11 is 7.23. The Morgan fingerprint density at radius 2 is 2.33 bits per heavy atom. The number of anilines is 1. The lowest BCUT2D eigenvalue weighted by Crippen LogP contribution is -2.08. The molecular formula is C10H9ClN4O2S. The van der Waals surface area contributed by atoms with Gasteiger partial charge in [-0.15, -0.1) is 11.3 Å². The second-order valence-corrected chi connectivity index (χ2v) is 4.52. The lowest BCUT2D eigenvalue weighted by Gasteiger charge is -2.05. The minimum absolute atomic E-state index is 0.0855. The van der Waals surface area contributed by atoms with Crippen molar-refractivity contribution in [3.63, 3.8) is 0 Å². The van der Waals surface area contributed by atoms with Gasteiger partial charge in [-0.1, -0.05) is 11.6 Å². The van der Waals surface area contributed by atoms with Gasteiger partial charge in [0, 0.05) is 24.4 Å². The number of rotatable bonds is 5. The molecule has 0 aromatic carbocycles. The van der Waals surface area contributed by atoms with Crippen LogP contribution in [0, 0.1) is 10.1 Å². The van der Waals surface area contributed by atoms with Crippen molar-refractivity contribution < 1.29 is 4.92 Å². The van der Waals surface area contributed by atoms with E-state index in [1.165, 1.54) is 23.5 Å². The van der Waals surface area contributed by atoms with Crippen LogP contribution in [0.3, 0.4) is 0 Å². The smallest absolute Gasteiger partial charge is 0.311 e. The van der Waals surface area contributed by atoms with E-state index < -0.39 is 4.92 Å². The third-order valence-corrected chi connectivity index (χ3v) is 3.04. The van der Waals surface area contributed by atoms with E-state index in [-0.39, 0.29) is 16.7 Å². The second kappa shape index (κ2) is 5.74. The molecule has 2 aromatic rings. The van der Waals surface area contributed by atoms with Crippen molar-refractivity contribution in [2.24, 2.45) is 0 Å². The van der Waals surface area contributed by atoms with Gasteiger partial charge in [0.25, 0.3) is 0 Å². The molecule has 0 fully saturated rings. The fourth-order valence-electron chi connectivity index (χ4n) is 1.38. The number of aromatic nitrogens is 2. The maximum atomic E-state index is 10.8. The molecule has 0 unspecified atom stereocenters. The molecule has 2 rings (SSSR count). The van der Waals surface area contributed by atoms with Gasteiger partial charge in [-0.05, 0) is 6.07 Å². The molecule has 0 aliphatic rings. The molecule has 8 heteroatoms. The Balaban J connectivity index is 2.03. The van der Waals surface area contributed by atoms with E-state index in [0.717, 1.165) is 5.69 Å². The van der Waals surface area contributed by atoms with Crippen molar-refractivity contribution in [2.75, 3.05) is 11.9 Å². The Morgan fingerprint density at radius 3 is 3.00 bits per heavy atom. The molecule has 0 radical (unpaired) electrons. The van der Waals surface area contributed by atoms with Gasteiger partial charge in [-0.25, -0.2) is 9.97 Å². The molecule has 2 heterocycles. The molecule has 0 bridgehead atoms. The Hall–Kier alpha value is -1.73. The summed E-state index contributed by atoms with van der Waals surface area (Å²) in [7, 11) is 0. The topological polar surface area (TPSA) is 81.0 Å². The van der Waals surface area contributed by atoms with Crippen LogP contribution < -0.4 is 5.32 Å². The molecule has 0 amide bonds. The van der Waals surface area contributed by atoms with E-state index in [4.69, 9.17) is 11.6 Å². The largest absolute Gasteiger partial charge is 0.364 e. The highest BCUT2D eigenvalue weighted by molar-refractivity contribution is 7.07. The van der Waals surface area contributed by atoms with Crippen molar-refractivity contribution in [3.05, 3.63) is 44.0 Å². The summed E-state index contributed by atoms with van der Waals surface area (Å²) < 4.78 is 0. The van der Waals surface area contributed by atoms with Crippen LogP contribution in [-0.2, 0) is 6.42 Å². The number of thiazole rings is 1. The SMILES string of the molecule is O=[N+]([O-])c1ccc(Cl)nc1NCCc1cscn1. The molecule has 0 spiro atoms. The number of hydrogen-bond donors (Lipinski definition) is 1. The molecule has 0 aliphatic heterocycles. The van der Waals surface area contributed by atoms with Crippen LogP contribution in [0.5, 0.6) is 0 Å². The lowest BCUT2D eigenvalue weighted by atomic mass is 10.3. The second-order valence-electron chi connectivity index (χ2n) is 3.42. The molecular weight excluding hydrogens is 276 g/mol. The third-order valence-electron chi connectivity index (χ3n) is 2.19.